The Balaban J connectivity index is 2.60. The molecule has 0 aliphatic heterocycles. The molecule has 0 aliphatic carbocycles. The highest BCUT2D eigenvalue weighted by Crippen LogP contribution is 2.12. The summed E-state index contributed by atoms with van der Waals surface area (Å²) in [4.78, 5) is 24.6. The largest absolute Gasteiger partial charge is 0.394 e. The van der Waals surface area contributed by atoms with E-state index in [9.17, 15) is 14.7 Å². The van der Waals surface area contributed by atoms with E-state index in [2.05, 4.69) is 5.32 Å². The molecule has 0 saturated carbocycles. The molecule has 1 rings (SSSR count). The molecule has 20 heavy (non-hydrogen) atoms. The van der Waals surface area contributed by atoms with Crippen LogP contribution in [-0.2, 0) is 4.79 Å². The molecule has 2 amide bonds. The highest BCUT2D eigenvalue weighted by Gasteiger charge is 2.24. The number of carbonyl (C=O) groups excluding carboxylic acids is 2. The summed E-state index contributed by atoms with van der Waals surface area (Å²) in [5.41, 5.74) is 5.66. The van der Waals surface area contributed by atoms with Crippen LogP contribution in [0, 0.1) is 0 Å². The first-order chi connectivity index (χ1) is 9.26. The highest BCUT2D eigenvalue weighted by atomic mass is 16.3. The van der Waals surface area contributed by atoms with Crippen molar-refractivity contribution in [1.82, 2.24) is 4.90 Å². The molecular weight excluding hydrogens is 258 g/mol. The lowest BCUT2D eigenvalue weighted by molar-refractivity contribution is -0.118. The van der Waals surface area contributed by atoms with Crippen molar-refractivity contribution in [1.29, 1.82) is 0 Å². The zero-order chi connectivity index (χ0) is 15.3. The molecule has 0 bridgehead atoms. The van der Waals surface area contributed by atoms with Crippen molar-refractivity contribution in [2.75, 3.05) is 25.5 Å². The van der Waals surface area contributed by atoms with Gasteiger partial charge in [0.25, 0.3) is 0 Å². The van der Waals surface area contributed by atoms with Gasteiger partial charge in [0.2, 0.25) is 11.8 Å². The maximum atomic E-state index is 11.9. The van der Waals surface area contributed by atoms with E-state index in [4.69, 9.17) is 5.73 Å². The fraction of sp³-hybridized carbons (Fsp3) is 0.429. The van der Waals surface area contributed by atoms with E-state index < -0.39 is 11.4 Å². The number of amides is 2. The molecule has 110 valence electrons. The zero-order valence-electron chi connectivity index (χ0n) is 12.0. The lowest BCUT2D eigenvalue weighted by Crippen LogP contribution is -2.47. The van der Waals surface area contributed by atoms with E-state index in [1.807, 2.05) is 13.8 Å². The topological polar surface area (TPSA) is 95.7 Å². The molecule has 0 atom stereocenters. The van der Waals surface area contributed by atoms with Gasteiger partial charge in [0.1, 0.15) is 0 Å². The molecule has 0 saturated heterocycles. The summed E-state index contributed by atoms with van der Waals surface area (Å²) in [6.45, 7) is 3.82. The average molecular weight is 279 g/mol. The van der Waals surface area contributed by atoms with Gasteiger partial charge in [-0.1, -0.05) is 0 Å². The van der Waals surface area contributed by atoms with Crippen molar-refractivity contribution in [2.45, 2.75) is 19.4 Å². The van der Waals surface area contributed by atoms with Crippen LogP contribution in [0.1, 0.15) is 24.2 Å². The van der Waals surface area contributed by atoms with Crippen molar-refractivity contribution in [2.24, 2.45) is 5.73 Å². The van der Waals surface area contributed by atoms with E-state index in [0.717, 1.165) is 0 Å². The van der Waals surface area contributed by atoms with Crippen LogP contribution in [0.15, 0.2) is 24.3 Å². The number of nitrogens with one attached hydrogen (secondary N) is 1. The Kier molecular flexibility index (Phi) is 5.24. The third-order valence-electron chi connectivity index (χ3n) is 3.25. The van der Waals surface area contributed by atoms with Crippen LogP contribution >= 0.6 is 0 Å². The number of carbonyl (C=O) groups is 2. The Labute approximate surface area is 118 Å². The van der Waals surface area contributed by atoms with Gasteiger partial charge < -0.3 is 16.2 Å². The van der Waals surface area contributed by atoms with Crippen molar-refractivity contribution in [3.05, 3.63) is 29.8 Å². The molecule has 1 aromatic carbocycles. The third-order valence-corrected chi connectivity index (χ3v) is 3.25. The van der Waals surface area contributed by atoms with Gasteiger partial charge in [0.05, 0.1) is 13.2 Å². The van der Waals surface area contributed by atoms with Crippen LogP contribution in [0.4, 0.5) is 5.69 Å². The maximum Gasteiger partial charge on any atom is 0.248 e. The first-order valence-electron chi connectivity index (χ1n) is 6.28. The molecular formula is C14H21N3O3. The third kappa shape index (κ3) is 4.32. The summed E-state index contributed by atoms with van der Waals surface area (Å²) in [6.07, 6.45) is 0. The molecule has 0 aromatic heterocycles. The van der Waals surface area contributed by atoms with Crippen molar-refractivity contribution in [3.63, 3.8) is 0 Å². The first kappa shape index (κ1) is 16.1. The van der Waals surface area contributed by atoms with Gasteiger partial charge in [0.15, 0.2) is 0 Å². The number of likely N-dealkylation sites (N-methyl/N-ethyl adjacent to an activating group) is 1. The van der Waals surface area contributed by atoms with Gasteiger partial charge in [-0.2, -0.15) is 0 Å². The number of hydrogen-bond acceptors (Lipinski definition) is 4. The molecule has 4 N–H and O–H groups in total. The van der Waals surface area contributed by atoms with Crippen LogP contribution in [0.3, 0.4) is 0 Å². The van der Waals surface area contributed by atoms with E-state index >= 15 is 0 Å². The Bertz CT molecular complexity index is 483. The van der Waals surface area contributed by atoms with Crippen molar-refractivity contribution in [3.8, 4) is 0 Å². The molecule has 0 unspecified atom stereocenters. The van der Waals surface area contributed by atoms with Crippen LogP contribution in [0.5, 0.6) is 0 Å². The molecule has 0 radical (unpaired) electrons. The monoisotopic (exact) mass is 279 g/mol. The fourth-order valence-electron chi connectivity index (χ4n) is 1.47. The number of rotatable bonds is 6. The summed E-state index contributed by atoms with van der Waals surface area (Å²) < 4.78 is 0. The predicted octanol–water partition coefficient (Wildman–Crippen LogP) is 0.427. The maximum absolute atomic E-state index is 11.9. The standard InChI is InChI=1S/C14H21N3O3/c1-14(2,9-18)17(3)8-12(19)16-11-6-4-10(5-7-11)13(15)20/h4-7,18H,8-9H2,1-3H3,(H2,15,20)(H,16,19). The lowest BCUT2D eigenvalue weighted by atomic mass is 10.1. The molecule has 1 aromatic rings. The van der Waals surface area contributed by atoms with E-state index in [0.29, 0.717) is 11.3 Å². The SMILES string of the molecule is CN(CC(=O)Nc1ccc(C(N)=O)cc1)C(C)(C)CO. The molecule has 0 aliphatic rings. The zero-order valence-corrected chi connectivity index (χ0v) is 12.0. The second-order valence-corrected chi connectivity index (χ2v) is 5.32. The average Bonchev–Trinajstić information content (AvgIpc) is 2.39. The second-order valence-electron chi connectivity index (χ2n) is 5.32. The molecule has 6 nitrogen and oxygen atoms in total. The van der Waals surface area contributed by atoms with E-state index in [1.54, 1.807) is 36.2 Å². The summed E-state index contributed by atoms with van der Waals surface area (Å²) in [6, 6.07) is 6.35. The van der Waals surface area contributed by atoms with Crippen LogP contribution in [0.25, 0.3) is 0 Å². The van der Waals surface area contributed by atoms with E-state index in [1.165, 1.54) is 0 Å². The summed E-state index contributed by atoms with van der Waals surface area (Å²) >= 11 is 0. The fourth-order valence-corrected chi connectivity index (χ4v) is 1.47. The van der Waals surface area contributed by atoms with Crippen LogP contribution < -0.4 is 11.1 Å². The number of nitrogens with zero attached hydrogens (tertiary/aromatic N) is 1. The highest BCUT2D eigenvalue weighted by molar-refractivity contribution is 5.95. The summed E-state index contributed by atoms with van der Waals surface area (Å²) in [7, 11) is 1.77. The predicted molar refractivity (Wildman–Crippen MR) is 77.4 cm³/mol. The number of nitrogens with two attached hydrogens (primary N) is 1. The van der Waals surface area contributed by atoms with Gasteiger partial charge in [0, 0.05) is 16.8 Å². The number of aliphatic hydroxyl groups excluding tert-OH is 1. The van der Waals surface area contributed by atoms with Crippen molar-refractivity contribution >= 4 is 17.5 Å². The quantitative estimate of drug-likeness (QED) is 0.703. The minimum Gasteiger partial charge on any atom is -0.394 e. The van der Waals surface area contributed by atoms with Gasteiger partial charge in [-0.15, -0.1) is 0 Å². The number of anilines is 1. The molecule has 6 heteroatoms. The Morgan fingerprint density at radius 2 is 1.85 bits per heavy atom. The summed E-state index contributed by atoms with van der Waals surface area (Å²) in [5.74, 6) is -0.701. The molecule has 0 heterocycles. The van der Waals surface area contributed by atoms with Gasteiger partial charge in [-0.25, -0.2) is 0 Å². The normalized spacial score (nSPS) is 11.4. The molecule has 0 spiro atoms. The van der Waals surface area contributed by atoms with Gasteiger partial charge in [-0.05, 0) is 45.2 Å². The number of aliphatic hydroxyl groups is 1. The van der Waals surface area contributed by atoms with E-state index in [-0.39, 0.29) is 19.1 Å². The molecule has 0 fully saturated rings. The summed E-state index contributed by atoms with van der Waals surface area (Å²) in [5, 5.41) is 12.0. The number of benzene rings is 1. The van der Waals surface area contributed by atoms with Crippen molar-refractivity contribution < 1.29 is 14.7 Å². The van der Waals surface area contributed by atoms with Gasteiger partial charge >= 0.3 is 0 Å². The minimum atomic E-state index is -0.507. The van der Waals surface area contributed by atoms with Crippen LogP contribution in [0.2, 0.25) is 0 Å². The minimum absolute atomic E-state index is 0.0376. The number of primary amides is 1. The number of hydrogen-bond donors (Lipinski definition) is 3. The Hall–Kier alpha value is -1.92. The second kappa shape index (κ2) is 6.49. The Morgan fingerprint density at radius 3 is 2.30 bits per heavy atom. The van der Waals surface area contributed by atoms with Gasteiger partial charge in [-0.3, -0.25) is 14.5 Å². The smallest absolute Gasteiger partial charge is 0.248 e. The lowest BCUT2D eigenvalue weighted by Gasteiger charge is -2.33. The first-order valence-corrected chi connectivity index (χ1v) is 6.28. The Morgan fingerprint density at radius 1 is 1.30 bits per heavy atom. The van der Waals surface area contributed by atoms with Crippen LogP contribution in [-0.4, -0.2) is 47.6 Å².